The molecule has 0 atom stereocenters. The Labute approximate surface area is 133 Å². The molecule has 1 aromatic carbocycles. The standard InChI is InChI=1S/C18H29NO3/c1-2-3-4-5-6-7-14-22-17-10-8-16(9-11-17)15-19-13-12-18(20)21/h8-11,19H,2-7,12-15H2,1H3,(H,20,21). The van der Waals surface area contributed by atoms with Crippen LogP contribution in [0.1, 0.15) is 57.4 Å². The van der Waals surface area contributed by atoms with Gasteiger partial charge in [0.1, 0.15) is 5.75 Å². The maximum Gasteiger partial charge on any atom is 0.304 e. The minimum Gasteiger partial charge on any atom is -0.494 e. The van der Waals surface area contributed by atoms with Crippen molar-refractivity contribution >= 4 is 5.97 Å². The molecule has 4 heteroatoms. The fourth-order valence-corrected chi connectivity index (χ4v) is 2.20. The molecule has 0 bridgehead atoms. The predicted octanol–water partition coefficient (Wildman–Crippen LogP) is 3.99. The lowest BCUT2D eigenvalue weighted by atomic mass is 10.1. The van der Waals surface area contributed by atoms with Crippen LogP contribution in [-0.2, 0) is 11.3 Å². The van der Waals surface area contributed by atoms with Crippen LogP contribution >= 0.6 is 0 Å². The van der Waals surface area contributed by atoms with Gasteiger partial charge >= 0.3 is 5.97 Å². The summed E-state index contributed by atoms with van der Waals surface area (Å²) in [5, 5.41) is 11.7. The molecule has 0 aromatic heterocycles. The number of hydrogen-bond donors (Lipinski definition) is 2. The van der Waals surface area contributed by atoms with Gasteiger partial charge in [0, 0.05) is 13.1 Å². The number of unbranched alkanes of at least 4 members (excludes halogenated alkanes) is 5. The van der Waals surface area contributed by atoms with E-state index in [0.29, 0.717) is 13.1 Å². The molecule has 0 aliphatic heterocycles. The Morgan fingerprint density at radius 2 is 1.77 bits per heavy atom. The van der Waals surface area contributed by atoms with E-state index in [-0.39, 0.29) is 6.42 Å². The van der Waals surface area contributed by atoms with E-state index in [1.165, 1.54) is 32.1 Å². The van der Waals surface area contributed by atoms with E-state index in [1.807, 2.05) is 24.3 Å². The number of carboxylic acids is 1. The predicted molar refractivity (Wildman–Crippen MR) is 89.3 cm³/mol. The molecule has 2 N–H and O–H groups in total. The van der Waals surface area contributed by atoms with Gasteiger partial charge in [-0.25, -0.2) is 0 Å². The summed E-state index contributed by atoms with van der Waals surface area (Å²) in [6.45, 7) is 4.19. The van der Waals surface area contributed by atoms with Crippen LogP contribution in [0, 0.1) is 0 Å². The van der Waals surface area contributed by atoms with Crippen LogP contribution in [-0.4, -0.2) is 24.2 Å². The number of rotatable bonds is 13. The van der Waals surface area contributed by atoms with Gasteiger partial charge in [-0.3, -0.25) is 4.79 Å². The van der Waals surface area contributed by atoms with Crippen molar-refractivity contribution in [2.45, 2.75) is 58.4 Å². The summed E-state index contributed by atoms with van der Waals surface area (Å²) >= 11 is 0. The Bertz CT molecular complexity index is 403. The van der Waals surface area contributed by atoms with E-state index in [0.717, 1.165) is 24.3 Å². The maximum atomic E-state index is 10.4. The molecule has 0 aliphatic rings. The second kappa shape index (κ2) is 12.0. The van der Waals surface area contributed by atoms with Crippen molar-refractivity contribution in [1.29, 1.82) is 0 Å². The van der Waals surface area contributed by atoms with E-state index in [9.17, 15) is 4.79 Å². The maximum absolute atomic E-state index is 10.4. The highest BCUT2D eigenvalue weighted by molar-refractivity contribution is 5.66. The Balaban J connectivity index is 2.09. The molecule has 1 aromatic rings. The molecule has 0 fully saturated rings. The summed E-state index contributed by atoms with van der Waals surface area (Å²) in [5.41, 5.74) is 1.14. The molecule has 0 aliphatic carbocycles. The van der Waals surface area contributed by atoms with Gasteiger partial charge in [-0.1, -0.05) is 51.2 Å². The lowest BCUT2D eigenvalue weighted by Crippen LogP contribution is -2.17. The van der Waals surface area contributed by atoms with Crippen LogP contribution in [0.25, 0.3) is 0 Å². The van der Waals surface area contributed by atoms with E-state index in [4.69, 9.17) is 9.84 Å². The third-order valence-corrected chi connectivity index (χ3v) is 3.53. The van der Waals surface area contributed by atoms with Crippen LogP contribution in [0.4, 0.5) is 0 Å². The summed E-state index contributed by atoms with van der Waals surface area (Å²) < 4.78 is 5.73. The van der Waals surface area contributed by atoms with Crippen molar-refractivity contribution in [2.24, 2.45) is 0 Å². The largest absolute Gasteiger partial charge is 0.494 e. The molecular formula is C18H29NO3. The van der Waals surface area contributed by atoms with Crippen molar-refractivity contribution in [1.82, 2.24) is 5.32 Å². The highest BCUT2D eigenvalue weighted by Crippen LogP contribution is 2.13. The average Bonchev–Trinajstić information content (AvgIpc) is 2.52. The molecule has 0 radical (unpaired) electrons. The van der Waals surface area contributed by atoms with Gasteiger partial charge < -0.3 is 15.2 Å². The van der Waals surface area contributed by atoms with Gasteiger partial charge in [-0.05, 0) is 24.1 Å². The third kappa shape index (κ3) is 9.40. The van der Waals surface area contributed by atoms with Crippen molar-refractivity contribution in [3.05, 3.63) is 29.8 Å². The number of nitrogens with one attached hydrogen (secondary N) is 1. The zero-order valence-corrected chi connectivity index (χ0v) is 13.6. The Kier molecular flexibility index (Phi) is 10.1. The normalized spacial score (nSPS) is 10.6. The fourth-order valence-electron chi connectivity index (χ4n) is 2.20. The Hall–Kier alpha value is -1.55. The van der Waals surface area contributed by atoms with Gasteiger partial charge in [-0.15, -0.1) is 0 Å². The SMILES string of the molecule is CCCCCCCCOc1ccc(CNCCC(=O)O)cc1. The first-order valence-corrected chi connectivity index (χ1v) is 8.36. The number of aliphatic carboxylic acids is 1. The number of benzene rings is 1. The first kappa shape index (κ1) is 18.5. The van der Waals surface area contributed by atoms with Crippen molar-refractivity contribution in [2.75, 3.05) is 13.2 Å². The lowest BCUT2D eigenvalue weighted by molar-refractivity contribution is -0.136. The van der Waals surface area contributed by atoms with Gasteiger partial charge in [0.2, 0.25) is 0 Å². The molecule has 0 heterocycles. The van der Waals surface area contributed by atoms with Crippen LogP contribution in [0.2, 0.25) is 0 Å². The number of carbonyl (C=O) groups is 1. The highest BCUT2D eigenvalue weighted by Gasteiger charge is 1.98. The number of ether oxygens (including phenoxy) is 1. The van der Waals surface area contributed by atoms with Crippen molar-refractivity contribution < 1.29 is 14.6 Å². The highest BCUT2D eigenvalue weighted by atomic mass is 16.5. The Morgan fingerprint density at radius 1 is 1.09 bits per heavy atom. The molecule has 0 saturated carbocycles. The van der Waals surface area contributed by atoms with Crippen LogP contribution in [0.5, 0.6) is 5.75 Å². The minimum atomic E-state index is -0.772. The fraction of sp³-hybridized carbons (Fsp3) is 0.611. The summed E-state index contributed by atoms with van der Waals surface area (Å²) in [7, 11) is 0. The molecular weight excluding hydrogens is 278 g/mol. The summed E-state index contributed by atoms with van der Waals surface area (Å²) in [5.74, 6) is 0.133. The molecule has 0 saturated heterocycles. The number of carboxylic acid groups (broad SMARTS) is 1. The molecule has 0 spiro atoms. The van der Waals surface area contributed by atoms with Crippen LogP contribution in [0.3, 0.4) is 0 Å². The van der Waals surface area contributed by atoms with Crippen molar-refractivity contribution in [3.8, 4) is 5.75 Å². The van der Waals surface area contributed by atoms with Gasteiger partial charge in [0.05, 0.1) is 13.0 Å². The van der Waals surface area contributed by atoms with Gasteiger partial charge in [-0.2, -0.15) is 0 Å². The lowest BCUT2D eigenvalue weighted by Gasteiger charge is -2.08. The van der Waals surface area contributed by atoms with E-state index >= 15 is 0 Å². The third-order valence-electron chi connectivity index (χ3n) is 3.53. The summed E-state index contributed by atoms with van der Waals surface area (Å²) in [6.07, 6.45) is 7.77. The minimum absolute atomic E-state index is 0.152. The van der Waals surface area contributed by atoms with Gasteiger partial charge in [0.25, 0.3) is 0 Å². The molecule has 0 unspecified atom stereocenters. The first-order chi connectivity index (χ1) is 10.7. The quantitative estimate of drug-likeness (QED) is 0.541. The molecule has 0 amide bonds. The smallest absolute Gasteiger partial charge is 0.304 e. The van der Waals surface area contributed by atoms with Crippen LogP contribution in [0.15, 0.2) is 24.3 Å². The summed E-state index contributed by atoms with van der Waals surface area (Å²) in [6, 6.07) is 7.99. The van der Waals surface area contributed by atoms with E-state index < -0.39 is 5.97 Å². The van der Waals surface area contributed by atoms with Crippen molar-refractivity contribution in [3.63, 3.8) is 0 Å². The molecule has 4 nitrogen and oxygen atoms in total. The van der Waals surface area contributed by atoms with Gasteiger partial charge in [0.15, 0.2) is 0 Å². The second-order valence-electron chi connectivity index (χ2n) is 5.58. The van der Waals surface area contributed by atoms with E-state index in [2.05, 4.69) is 12.2 Å². The zero-order valence-electron chi connectivity index (χ0n) is 13.6. The Morgan fingerprint density at radius 3 is 2.45 bits per heavy atom. The molecule has 1 rings (SSSR count). The number of hydrogen-bond acceptors (Lipinski definition) is 3. The topological polar surface area (TPSA) is 58.6 Å². The van der Waals surface area contributed by atoms with Crippen LogP contribution < -0.4 is 10.1 Å². The molecule has 22 heavy (non-hydrogen) atoms. The van der Waals surface area contributed by atoms with E-state index in [1.54, 1.807) is 0 Å². The zero-order chi connectivity index (χ0) is 16.0. The first-order valence-electron chi connectivity index (χ1n) is 8.36. The molecule has 124 valence electrons. The second-order valence-corrected chi connectivity index (χ2v) is 5.58. The average molecular weight is 307 g/mol. The summed E-state index contributed by atoms with van der Waals surface area (Å²) in [4.78, 5) is 10.4. The monoisotopic (exact) mass is 307 g/mol.